The fourth-order valence-electron chi connectivity index (χ4n) is 1.30. The highest BCUT2D eigenvalue weighted by Crippen LogP contribution is 2.13. The van der Waals surface area contributed by atoms with Crippen molar-refractivity contribution in [3.8, 4) is 12.3 Å². The first-order chi connectivity index (χ1) is 7.95. The minimum Gasteiger partial charge on any atom is -0.481 e. The lowest BCUT2D eigenvalue weighted by Gasteiger charge is -2.03. The highest BCUT2D eigenvalue weighted by molar-refractivity contribution is 7.91. The molecule has 0 radical (unpaired) electrons. The van der Waals surface area contributed by atoms with Crippen LogP contribution in [0, 0.1) is 12.3 Å². The van der Waals surface area contributed by atoms with Crippen molar-refractivity contribution in [2.45, 2.75) is 17.7 Å². The van der Waals surface area contributed by atoms with Crippen LogP contribution in [-0.4, -0.2) is 25.2 Å². The van der Waals surface area contributed by atoms with E-state index >= 15 is 0 Å². The molecule has 1 aromatic carbocycles. The van der Waals surface area contributed by atoms with Gasteiger partial charge in [-0.2, -0.15) is 0 Å². The van der Waals surface area contributed by atoms with Crippen LogP contribution in [0.15, 0.2) is 29.2 Å². The molecule has 0 fully saturated rings. The first-order valence-corrected chi connectivity index (χ1v) is 6.58. The lowest BCUT2D eigenvalue weighted by Crippen LogP contribution is -2.06. The SMILES string of the molecule is C#CCCS(=O)(=O)c1ccc(CC(=O)O)cc1. The van der Waals surface area contributed by atoms with E-state index in [9.17, 15) is 13.2 Å². The van der Waals surface area contributed by atoms with Gasteiger partial charge in [0.1, 0.15) is 0 Å². The molecule has 0 unspecified atom stereocenters. The molecule has 1 aromatic rings. The van der Waals surface area contributed by atoms with Crippen molar-refractivity contribution in [1.29, 1.82) is 0 Å². The van der Waals surface area contributed by atoms with Crippen LogP contribution in [-0.2, 0) is 21.1 Å². The molecule has 0 aliphatic heterocycles. The van der Waals surface area contributed by atoms with Crippen molar-refractivity contribution in [3.05, 3.63) is 29.8 Å². The number of carbonyl (C=O) groups is 1. The van der Waals surface area contributed by atoms with E-state index in [0.29, 0.717) is 5.56 Å². The quantitative estimate of drug-likeness (QED) is 0.797. The van der Waals surface area contributed by atoms with Gasteiger partial charge < -0.3 is 5.11 Å². The number of rotatable bonds is 5. The van der Waals surface area contributed by atoms with Gasteiger partial charge in [0, 0.05) is 6.42 Å². The molecule has 0 bridgehead atoms. The van der Waals surface area contributed by atoms with Crippen LogP contribution in [0.3, 0.4) is 0 Å². The summed E-state index contributed by atoms with van der Waals surface area (Å²) in [6, 6.07) is 5.81. The second kappa shape index (κ2) is 5.51. The number of benzene rings is 1. The van der Waals surface area contributed by atoms with E-state index in [-0.39, 0.29) is 23.5 Å². The maximum absolute atomic E-state index is 11.7. The average Bonchev–Trinajstić information content (AvgIpc) is 2.26. The number of aliphatic carboxylic acids is 1. The van der Waals surface area contributed by atoms with Gasteiger partial charge in [-0.1, -0.05) is 12.1 Å². The third kappa shape index (κ3) is 3.93. The molecule has 0 spiro atoms. The molecule has 0 saturated heterocycles. The molecular weight excluding hydrogens is 240 g/mol. The second-order valence-corrected chi connectivity index (χ2v) is 5.60. The molecule has 1 rings (SSSR count). The van der Waals surface area contributed by atoms with E-state index in [4.69, 9.17) is 11.5 Å². The van der Waals surface area contributed by atoms with Crippen molar-refractivity contribution in [1.82, 2.24) is 0 Å². The molecule has 1 N–H and O–H groups in total. The van der Waals surface area contributed by atoms with Gasteiger partial charge in [0.2, 0.25) is 0 Å². The lowest BCUT2D eigenvalue weighted by atomic mass is 10.2. The number of carboxylic acid groups (broad SMARTS) is 1. The first-order valence-electron chi connectivity index (χ1n) is 4.92. The summed E-state index contributed by atoms with van der Waals surface area (Å²) in [4.78, 5) is 10.6. The van der Waals surface area contributed by atoms with Crippen LogP contribution in [0.5, 0.6) is 0 Å². The molecule has 5 heteroatoms. The molecule has 0 amide bonds. The minimum atomic E-state index is -3.36. The van der Waals surface area contributed by atoms with Gasteiger partial charge in [0.15, 0.2) is 9.84 Å². The van der Waals surface area contributed by atoms with Crippen molar-refractivity contribution in [3.63, 3.8) is 0 Å². The topological polar surface area (TPSA) is 71.4 Å². The summed E-state index contributed by atoms with van der Waals surface area (Å²) in [7, 11) is -3.36. The normalized spacial score (nSPS) is 10.8. The number of carboxylic acids is 1. The maximum atomic E-state index is 11.7. The predicted octanol–water partition coefficient (Wildman–Crippen LogP) is 1.11. The van der Waals surface area contributed by atoms with Crippen LogP contribution >= 0.6 is 0 Å². The lowest BCUT2D eigenvalue weighted by molar-refractivity contribution is -0.136. The van der Waals surface area contributed by atoms with Crippen LogP contribution in [0.1, 0.15) is 12.0 Å². The highest BCUT2D eigenvalue weighted by atomic mass is 32.2. The Balaban J connectivity index is 2.88. The molecule has 0 atom stereocenters. The Labute approximate surface area is 100 Å². The van der Waals surface area contributed by atoms with Gasteiger partial charge in [0.05, 0.1) is 17.1 Å². The minimum absolute atomic E-state index is 0.0955. The monoisotopic (exact) mass is 252 g/mol. The summed E-state index contributed by atoms with van der Waals surface area (Å²) < 4.78 is 23.4. The molecule has 0 saturated carbocycles. The molecule has 0 aromatic heterocycles. The Kier molecular flexibility index (Phi) is 4.30. The van der Waals surface area contributed by atoms with Crippen LogP contribution in [0.25, 0.3) is 0 Å². The Morgan fingerprint density at radius 2 is 1.88 bits per heavy atom. The third-order valence-electron chi connectivity index (χ3n) is 2.15. The standard InChI is InChI=1S/C12H12O4S/c1-2-3-8-17(15,16)11-6-4-10(5-7-11)9-12(13)14/h1,4-7H,3,8-9H2,(H,13,14). The summed E-state index contributed by atoms with van der Waals surface area (Å²) in [6.45, 7) is 0. The zero-order valence-corrected chi connectivity index (χ0v) is 9.90. The van der Waals surface area contributed by atoms with E-state index < -0.39 is 15.8 Å². The highest BCUT2D eigenvalue weighted by Gasteiger charge is 2.13. The molecule has 4 nitrogen and oxygen atoms in total. The predicted molar refractivity (Wildman–Crippen MR) is 63.3 cm³/mol. The second-order valence-electron chi connectivity index (χ2n) is 3.49. The van der Waals surface area contributed by atoms with E-state index in [1.54, 1.807) is 0 Å². The van der Waals surface area contributed by atoms with Crippen LogP contribution < -0.4 is 0 Å². The van der Waals surface area contributed by atoms with E-state index in [2.05, 4.69) is 5.92 Å². The summed E-state index contributed by atoms with van der Waals surface area (Å²) in [5.41, 5.74) is 0.563. The first kappa shape index (κ1) is 13.3. The summed E-state index contributed by atoms with van der Waals surface area (Å²) in [6.07, 6.45) is 5.06. The van der Waals surface area contributed by atoms with Crippen LogP contribution in [0.2, 0.25) is 0 Å². The van der Waals surface area contributed by atoms with E-state index in [1.165, 1.54) is 24.3 Å². The van der Waals surface area contributed by atoms with Gasteiger partial charge in [-0.25, -0.2) is 8.42 Å². The Hall–Kier alpha value is -1.80. The molecule has 0 aliphatic carbocycles. The zero-order chi connectivity index (χ0) is 12.9. The van der Waals surface area contributed by atoms with Gasteiger partial charge in [0.25, 0.3) is 0 Å². The van der Waals surface area contributed by atoms with Crippen molar-refractivity contribution in [2.24, 2.45) is 0 Å². The van der Waals surface area contributed by atoms with E-state index in [0.717, 1.165) is 0 Å². The van der Waals surface area contributed by atoms with E-state index in [1.807, 2.05) is 0 Å². The molecule has 90 valence electrons. The Bertz CT molecular complexity index is 535. The third-order valence-corrected chi connectivity index (χ3v) is 3.88. The van der Waals surface area contributed by atoms with Crippen molar-refractivity contribution >= 4 is 15.8 Å². The van der Waals surface area contributed by atoms with Crippen molar-refractivity contribution in [2.75, 3.05) is 5.75 Å². The summed E-state index contributed by atoms with van der Waals surface area (Å²) in [5.74, 6) is 1.23. The van der Waals surface area contributed by atoms with Gasteiger partial charge in [-0.15, -0.1) is 12.3 Å². The number of sulfone groups is 1. The number of hydrogen-bond donors (Lipinski definition) is 1. The largest absolute Gasteiger partial charge is 0.481 e. The van der Waals surface area contributed by atoms with Crippen LogP contribution in [0.4, 0.5) is 0 Å². The van der Waals surface area contributed by atoms with Gasteiger partial charge >= 0.3 is 5.97 Å². The Morgan fingerprint density at radius 3 is 2.35 bits per heavy atom. The number of hydrogen-bond acceptors (Lipinski definition) is 3. The molecule has 0 aliphatic rings. The fourth-order valence-corrected chi connectivity index (χ4v) is 2.47. The fraction of sp³-hybridized carbons (Fsp3) is 0.250. The van der Waals surface area contributed by atoms with Gasteiger partial charge in [-0.3, -0.25) is 4.79 Å². The Morgan fingerprint density at radius 1 is 1.29 bits per heavy atom. The van der Waals surface area contributed by atoms with Gasteiger partial charge in [-0.05, 0) is 17.7 Å². The molecular formula is C12H12O4S. The van der Waals surface area contributed by atoms with Crippen molar-refractivity contribution < 1.29 is 18.3 Å². The summed E-state index contributed by atoms with van der Waals surface area (Å²) >= 11 is 0. The number of terminal acetylenes is 1. The zero-order valence-electron chi connectivity index (χ0n) is 9.09. The molecule has 0 heterocycles. The summed E-state index contributed by atoms with van der Waals surface area (Å²) in [5, 5.41) is 8.57. The smallest absolute Gasteiger partial charge is 0.307 e. The maximum Gasteiger partial charge on any atom is 0.307 e. The molecule has 17 heavy (non-hydrogen) atoms. The average molecular weight is 252 g/mol.